The van der Waals surface area contributed by atoms with Crippen LogP contribution in [-0.2, 0) is 20.8 Å². The highest BCUT2D eigenvalue weighted by Gasteiger charge is 2.43. The van der Waals surface area contributed by atoms with Gasteiger partial charge in [-0.15, -0.1) is 0 Å². The largest absolute Gasteiger partial charge is 0.444 e. The third-order valence-corrected chi connectivity index (χ3v) is 9.20. The first-order chi connectivity index (χ1) is 22.6. The fourth-order valence-electron chi connectivity index (χ4n) is 6.74. The Labute approximate surface area is 277 Å². The van der Waals surface area contributed by atoms with Crippen molar-refractivity contribution in [3.63, 3.8) is 0 Å². The number of carbonyl (C=O) groups is 3. The number of fused-ring (bicyclic) bond motifs is 1. The molecular formula is C39H45N3O5. The quantitative estimate of drug-likeness (QED) is 0.190. The number of aromatic nitrogens is 1. The van der Waals surface area contributed by atoms with Crippen LogP contribution in [0, 0.1) is 5.92 Å². The van der Waals surface area contributed by atoms with Gasteiger partial charge in [-0.2, -0.15) is 0 Å². The highest BCUT2D eigenvalue weighted by molar-refractivity contribution is 5.95. The lowest BCUT2D eigenvalue weighted by Crippen LogP contribution is -2.51. The topological polar surface area (TPSA) is 81.1 Å². The van der Waals surface area contributed by atoms with Crippen LogP contribution in [0.25, 0.3) is 22.0 Å². The lowest BCUT2D eigenvalue weighted by Gasteiger charge is -2.40. The number of likely N-dealkylation sites (tertiary alicyclic amines) is 1. The van der Waals surface area contributed by atoms with Crippen molar-refractivity contribution in [2.24, 2.45) is 5.92 Å². The first-order valence-electron chi connectivity index (χ1n) is 16.7. The van der Waals surface area contributed by atoms with E-state index in [2.05, 4.69) is 36.4 Å². The molecule has 246 valence electrons. The van der Waals surface area contributed by atoms with Gasteiger partial charge in [-0.05, 0) is 74.3 Å². The Morgan fingerprint density at radius 1 is 0.894 bits per heavy atom. The van der Waals surface area contributed by atoms with Crippen LogP contribution < -0.4 is 0 Å². The molecule has 0 N–H and O–H groups in total. The monoisotopic (exact) mass is 635 g/mol. The zero-order valence-corrected chi connectivity index (χ0v) is 27.9. The summed E-state index contributed by atoms with van der Waals surface area (Å²) in [5.74, 6) is -0.515. The first kappa shape index (κ1) is 32.5. The molecule has 2 fully saturated rings. The third-order valence-electron chi connectivity index (χ3n) is 9.20. The third kappa shape index (κ3) is 7.43. The van der Waals surface area contributed by atoms with E-state index in [0.717, 1.165) is 46.0 Å². The second-order valence-electron chi connectivity index (χ2n) is 13.8. The average Bonchev–Trinajstić information content (AvgIpc) is 3.86. The maximum Gasteiger partial charge on any atom is 0.410 e. The molecule has 1 aromatic heterocycles. The summed E-state index contributed by atoms with van der Waals surface area (Å²) >= 11 is 0. The maximum atomic E-state index is 14.9. The van der Waals surface area contributed by atoms with Gasteiger partial charge in [0, 0.05) is 44.4 Å². The van der Waals surface area contributed by atoms with Crippen LogP contribution in [0.15, 0.2) is 85.1 Å². The van der Waals surface area contributed by atoms with Crippen molar-refractivity contribution in [3.8, 4) is 11.1 Å². The summed E-state index contributed by atoms with van der Waals surface area (Å²) in [5.41, 5.74) is 4.47. The van der Waals surface area contributed by atoms with Crippen molar-refractivity contribution in [2.75, 3.05) is 26.8 Å². The summed E-state index contributed by atoms with van der Waals surface area (Å²) in [6, 6.07) is 26.7. The Hall–Kier alpha value is -4.43. The highest BCUT2D eigenvalue weighted by atomic mass is 16.6. The second kappa shape index (κ2) is 13.7. The van der Waals surface area contributed by atoms with Gasteiger partial charge < -0.3 is 19.3 Å². The number of ether oxygens (including phenoxy) is 2. The molecule has 6 rings (SSSR count). The molecule has 0 radical (unpaired) electrons. The van der Waals surface area contributed by atoms with E-state index in [1.165, 1.54) is 0 Å². The molecule has 2 atom stereocenters. The van der Waals surface area contributed by atoms with Crippen LogP contribution in [-0.4, -0.2) is 70.7 Å². The minimum absolute atomic E-state index is 0.0402. The van der Waals surface area contributed by atoms with Crippen molar-refractivity contribution in [2.45, 2.75) is 70.6 Å². The van der Waals surface area contributed by atoms with Gasteiger partial charge in [-0.25, -0.2) is 4.79 Å². The molecule has 1 aliphatic heterocycles. The van der Waals surface area contributed by atoms with Crippen LogP contribution in [0.5, 0.6) is 0 Å². The van der Waals surface area contributed by atoms with Gasteiger partial charge in [0.1, 0.15) is 5.60 Å². The fourth-order valence-corrected chi connectivity index (χ4v) is 6.74. The predicted octanol–water partition coefficient (Wildman–Crippen LogP) is 7.52. The van der Waals surface area contributed by atoms with Gasteiger partial charge in [-0.1, -0.05) is 72.8 Å². The number of hydrogen-bond donors (Lipinski definition) is 0. The van der Waals surface area contributed by atoms with Crippen molar-refractivity contribution in [1.82, 2.24) is 14.4 Å². The number of piperidine rings is 1. The number of carbonyl (C=O) groups excluding carboxylic acids is 3. The number of rotatable bonds is 9. The standard InChI is InChI=1S/C39H45N3O5/c1-39(2,3)47-38(45)40-21-19-32(29-14-10-13-28(23-29)27-11-6-5-7-12-27)34(26-40)37(44)41(31-17-18-31)24-30-25-42(36(43)20-22-46-4)35-16-9-8-15-33(30)35/h5-16,23,25,31-32,34H,17-22,24,26H2,1-4H3/t32-,34+/m1/s1. The molecule has 0 unspecified atom stereocenters. The normalized spacial score (nSPS) is 18.3. The molecule has 1 saturated carbocycles. The second-order valence-corrected chi connectivity index (χ2v) is 13.8. The van der Waals surface area contributed by atoms with Crippen LogP contribution in [0.4, 0.5) is 4.79 Å². The Morgan fingerprint density at radius 3 is 2.34 bits per heavy atom. The van der Waals surface area contributed by atoms with Gasteiger partial charge in [-0.3, -0.25) is 14.2 Å². The minimum Gasteiger partial charge on any atom is -0.444 e. The summed E-state index contributed by atoms with van der Waals surface area (Å²) in [5, 5.41) is 0.961. The molecule has 0 spiro atoms. The molecule has 1 aliphatic carbocycles. The smallest absolute Gasteiger partial charge is 0.410 e. The van der Waals surface area contributed by atoms with Crippen LogP contribution in [0.3, 0.4) is 0 Å². The van der Waals surface area contributed by atoms with Gasteiger partial charge in [0.15, 0.2) is 0 Å². The van der Waals surface area contributed by atoms with Crippen molar-refractivity contribution < 1.29 is 23.9 Å². The maximum absolute atomic E-state index is 14.9. The van der Waals surface area contributed by atoms with Crippen molar-refractivity contribution in [3.05, 3.63) is 96.2 Å². The minimum atomic E-state index is -0.633. The summed E-state index contributed by atoms with van der Waals surface area (Å²) < 4.78 is 12.6. The average molecular weight is 636 g/mol. The number of benzene rings is 3. The van der Waals surface area contributed by atoms with E-state index in [-0.39, 0.29) is 42.8 Å². The van der Waals surface area contributed by atoms with Crippen molar-refractivity contribution in [1.29, 1.82) is 0 Å². The van der Waals surface area contributed by atoms with Crippen molar-refractivity contribution >= 4 is 28.8 Å². The van der Waals surface area contributed by atoms with E-state index in [0.29, 0.717) is 26.1 Å². The van der Waals surface area contributed by atoms with E-state index in [1.807, 2.05) is 74.3 Å². The number of para-hydroxylation sites is 1. The van der Waals surface area contributed by atoms with E-state index >= 15 is 0 Å². The van der Waals surface area contributed by atoms with E-state index in [4.69, 9.17) is 9.47 Å². The molecule has 2 heterocycles. The fraction of sp³-hybridized carbons (Fsp3) is 0.410. The molecule has 2 aliphatic rings. The Morgan fingerprint density at radius 2 is 1.62 bits per heavy atom. The molecule has 8 nitrogen and oxygen atoms in total. The lowest BCUT2D eigenvalue weighted by atomic mass is 9.79. The van der Waals surface area contributed by atoms with E-state index in [1.54, 1.807) is 16.6 Å². The number of hydrogen-bond acceptors (Lipinski definition) is 5. The lowest BCUT2D eigenvalue weighted by molar-refractivity contribution is -0.139. The van der Waals surface area contributed by atoms with Crippen LogP contribution in [0.2, 0.25) is 0 Å². The zero-order valence-electron chi connectivity index (χ0n) is 27.9. The summed E-state index contributed by atoms with van der Waals surface area (Å²) in [6.45, 7) is 7.13. The number of amides is 2. The highest BCUT2D eigenvalue weighted by Crippen LogP contribution is 2.40. The van der Waals surface area contributed by atoms with E-state index in [9.17, 15) is 14.4 Å². The summed E-state index contributed by atoms with van der Waals surface area (Å²) in [7, 11) is 1.59. The molecule has 1 saturated heterocycles. The number of nitrogens with zero attached hydrogens (tertiary/aromatic N) is 3. The Kier molecular flexibility index (Phi) is 9.50. The SMILES string of the molecule is COCCC(=O)n1cc(CN(C(=O)[C@H]2CN(C(=O)OC(C)(C)C)CC[C@@H]2c2cccc(-c3ccccc3)c2)C2CC2)c2ccccc21. The summed E-state index contributed by atoms with van der Waals surface area (Å²) in [6.07, 6.45) is 4.30. The zero-order chi connectivity index (χ0) is 33.1. The summed E-state index contributed by atoms with van der Waals surface area (Å²) in [4.78, 5) is 45.0. The van der Waals surface area contributed by atoms with Gasteiger partial charge in [0.2, 0.25) is 11.8 Å². The molecule has 0 bridgehead atoms. The molecular weight excluding hydrogens is 590 g/mol. The van der Waals surface area contributed by atoms with Gasteiger partial charge in [0.25, 0.3) is 0 Å². The molecule has 3 aromatic carbocycles. The molecule has 8 heteroatoms. The molecule has 4 aromatic rings. The van der Waals surface area contributed by atoms with E-state index < -0.39 is 11.5 Å². The van der Waals surface area contributed by atoms with Gasteiger partial charge >= 0.3 is 6.09 Å². The Bertz CT molecular complexity index is 1740. The van der Waals surface area contributed by atoms with Crippen LogP contribution >= 0.6 is 0 Å². The molecule has 2 amide bonds. The predicted molar refractivity (Wildman–Crippen MR) is 183 cm³/mol. The van der Waals surface area contributed by atoms with Crippen LogP contribution in [0.1, 0.15) is 68.3 Å². The van der Waals surface area contributed by atoms with Gasteiger partial charge in [0.05, 0.1) is 24.5 Å². The number of methoxy groups -OCH3 is 1. The first-order valence-corrected chi connectivity index (χ1v) is 16.7. The Balaban J connectivity index is 1.33. The molecule has 47 heavy (non-hydrogen) atoms.